The Kier molecular flexibility index (Phi) is 5.05. The summed E-state index contributed by atoms with van der Waals surface area (Å²) in [4.78, 5) is 12.1. The predicted molar refractivity (Wildman–Crippen MR) is 72.8 cm³/mol. The van der Waals surface area contributed by atoms with E-state index >= 15 is 0 Å². The fourth-order valence-electron chi connectivity index (χ4n) is 1.84. The number of ketones is 1. The van der Waals surface area contributed by atoms with Gasteiger partial charge in [0.25, 0.3) is 6.17 Å². The third-order valence-electron chi connectivity index (χ3n) is 3.06. The molecule has 0 saturated carbocycles. The van der Waals surface area contributed by atoms with Gasteiger partial charge in [-0.3, -0.25) is 4.79 Å². The zero-order valence-corrected chi connectivity index (χ0v) is 12.2. The van der Waals surface area contributed by atoms with Gasteiger partial charge in [0, 0.05) is 11.1 Å². The van der Waals surface area contributed by atoms with E-state index in [0.717, 1.165) is 36.4 Å². The Morgan fingerprint density at radius 1 is 0.840 bits per heavy atom. The number of alkyl halides is 6. The molecule has 0 aliphatic rings. The van der Waals surface area contributed by atoms with Crippen molar-refractivity contribution in [2.24, 2.45) is 0 Å². The van der Waals surface area contributed by atoms with Crippen LogP contribution in [-0.4, -0.2) is 24.2 Å². The van der Waals surface area contributed by atoms with Gasteiger partial charge in [0.2, 0.25) is 0 Å². The van der Waals surface area contributed by atoms with E-state index in [1.165, 1.54) is 12.1 Å². The van der Waals surface area contributed by atoms with Crippen LogP contribution in [0.2, 0.25) is 0 Å². The first-order valence-corrected chi connectivity index (χ1v) is 6.68. The van der Waals surface area contributed by atoms with Gasteiger partial charge in [-0.15, -0.1) is 0 Å². The highest BCUT2D eigenvalue weighted by molar-refractivity contribution is 6.08. The number of carbonyl (C=O) groups excluding carboxylic acids is 1. The van der Waals surface area contributed by atoms with Gasteiger partial charge in [-0.25, -0.2) is 8.78 Å². The number of rotatable bonds is 5. The minimum atomic E-state index is -5.79. The maximum atomic E-state index is 13.1. The van der Waals surface area contributed by atoms with E-state index in [-0.39, 0.29) is 11.1 Å². The van der Waals surface area contributed by atoms with Crippen molar-refractivity contribution >= 4 is 5.78 Å². The number of ether oxygens (including phenoxy) is 1. The predicted octanol–water partition coefficient (Wildman–Crippen LogP) is 4.93. The zero-order valence-electron chi connectivity index (χ0n) is 12.2. The Labute approximate surface area is 136 Å². The highest BCUT2D eigenvalue weighted by Crippen LogP contribution is 2.36. The molecule has 25 heavy (non-hydrogen) atoms. The molecule has 0 heterocycles. The van der Waals surface area contributed by atoms with Crippen LogP contribution in [0.5, 0.6) is 5.75 Å². The van der Waals surface area contributed by atoms with Crippen molar-refractivity contribution in [3.8, 4) is 5.75 Å². The van der Waals surface area contributed by atoms with Gasteiger partial charge in [0.1, 0.15) is 11.6 Å². The quantitative estimate of drug-likeness (QED) is 0.554. The van der Waals surface area contributed by atoms with Gasteiger partial charge in [-0.1, -0.05) is 0 Å². The molecular formula is C16H9F7O2. The summed E-state index contributed by atoms with van der Waals surface area (Å²) in [6.07, 6.45) is -15.4. The number of benzene rings is 2. The summed E-state index contributed by atoms with van der Waals surface area (Å²) in [5.41, 5.74) is 0.108. The zero-order chi connectivity index (χ0) is 18.8. The number of hydrogen-bond donors (Lipinski definition) is 0. The maximum absolute atomic E-state index is 13.1. The molecule has 2 aromatic carbocycles. The molecule has 0 saturated heterocycles. The minimum Gasteiger partial charge on any atom is -0.430 e. The van der Waals surface area contributed by atoms with Gasteiger partial charge in [-0.2, -0.15) is 22.0 Å². The van der Waals surface area contributed by atoms with Crippen LogP contribution in [0, 0.1) is 5.82 Å². The number of halogens is 7. The monoisotopic (exact) mass is 366 g/mol. The van der Waals surface area contributed by atoms with E-state index in [1.807, 2.05) is 0 Å². The lowest BCUT2D eigenvalue weighted by atomic mass is 10.0. The second-order valence-corrected chi connectivity index (χ2v) is 4.93. The van der Waals surface area contributed by atoms with Crippen LogP contribution in [-0.2, 0) is 0 Å². The molecule has 0 aromatic heterocycles. The molecule has 0 radical (unpaired) electrons. The Morgan fingerprint density at radius 2 is 1.28 bits per heavy atom. The second-order valence-electron chi connectivity index (χ2n) is 4.93. The van der Waals surface area contributed by atoms with E-state index in [9.17, 15) is 35.5 Å². The Hall–Kier alpha value is -2.58. The summed E-state index contributed by atoms with van der Waals surface area (Å²) in [6, 6.07) is 8.12. The van der Waals surface area contributed by atoms with Gasteiger partial charge in [0.15, 0.2) is 5.78 Å². The average molecular weight is 366 g/mol. The largest absolute Gasteiger partial charge is 0.439 e. The topological polar surface area (TPSA) is 26.3 Å². The first kappa shape index (κ1) is 18.8. The van der Waals surface area contributed by atoms with E-state index in [1.54, 1.807) is 0 Å². The Morgan fingerprint density at radius 3 is 1.72 bits per heavy atom. The molecule has 2 nitrogen and oxygen atoms in total. The first-order chi connectivity index (χ1) is 11.5. The smallest absolute Gasteiger partial charge is 0.430 e. The summed E-state index contributed by atoms with van der Waals surface area (Å²) in [5.74, 6) is -1.89. The fourth-order valence-corrected chi connectivity index (χ4v) is 1.84. The molecule has 2 rings (SSSR count). The number of hydrogen-bond acceptors (Lipinski definition) is 2. The third kappa shape index (κ3) is 4.49. The molecule has 0 bridgehead atoms. The van der Waals surface area contributed by atoms with Crippen LogP contribution < -0.4 is 4.74 Å². The van der Waals surface area contributed by atoms with Crippen molar-refractivity contribution in [3.05, 3.63) is 65.5 Å². The fraction of sp³-hybridized carbons (Fsp3) is 0.188. The normalized spacial score (nSPS) is 13.4. The lowest BCUT2D eigenvalue weighted by molar-refractivity contribution is -0.304. The van der Waals surface area contributed by atoms with Crippen molar-refractivity contribution in [3.63, 3.8) is 0 Å². The molecule has 0 amide bonds. The average Bonchev–Trinajstić information content (AvgIpc) is 2.54. The lowest BCUT2D eigenvalue weighted by Gasteiger charge is -2.23. The van der Waals surface area contributed by atoms with Crippen LogP contribution in [0.4, 0.5) is 30.7 Å². The lowest BCUT2D eigenvalue weighted by Crippen LogP contribution is -2.45. The molecule has 1 unspecified atom stereocenters. The Bertz CT molecular complexity index is 737. The van der Waals surface area contributed by atoms with Crippen molar-refractivity contribution < 1.29 is 40.3 Å². The van der Waals surface area contributed by atoms with Crippen LogP contribution in [0.15, 0.2) is 48.5 Å². The van der Waals surface area contributed by atoms with Crippen LogP contribution in [0.1, 0.15) is 15.9 Å². The van der Waals surface area contributed by atoms with Crippen molar-refractivity contribution in [2.75, 3.05) is 0 Å². The molecule has 0 spiro atoms. The second kappa shape index (κ2) is 6.73. The van der Waals surface area contributed by atoms with Gasteiger partial charge in [0.05, 0.1) is 0 Å². The molecular weight excluding hydrogens is 357 g/mol. The molecule has 2 aromatic rings. The molecule has 0 aliphatic heterocycles. The molecule has 9 heteroatoms. The van der Waals surface area contributed by atoms with Crippen LogP contribution in [0.3, 0.4) is 0 Å². The maximum Gasteiger partial charge on any atom is 0.439 e. The highest BCUT2D eigenvalue weighted by Gasteiger charge is 2.59. The first-order valence-electron chi connectivity index (χ1n) is 6.68. The van der Waals surface area contributed by atoms with E-state index in [2.05, 4.69) is 4.74 Å². The van der Waals surface area contributed by atoms with Gasteiger partial charge in [-0.05, 0) is 48.5 Å². The molecule has 0 aliphatic carbocycles. The summed E-state index contributed by atoms with van der Waals surface area (Å²) >= 11 is 0. The summed E-state index contributed by atoms with van der Waals surface area (Å²) in [5, 5.41) is 0. The van der Waals surface area contributed by atoms with E-state index in [0.29, 0.717) is 0 Å². The van der Waals surface area contributed by atoms with Gasteiger partial charge >= 0.3 is 12.3 Å². The SMILES string of the molecule is O=C(c1ccc(F)cc1)c1ccc(OC(F)(F)C(F)C(F)(F)F)cc1. The third-order valence-corrected chi connectivity index (χ3v) is 3.06. The molecule has 134 valence electrons. The molecule has 0 fully saturated rings. The molecule has 1 atom stereocenters. The van der Waals surface area contributed by atoms with Crippen molar-refractivity contribution in [1.82, 2.24) is 0 Å². The van der Waals surface area contributed by atoms with E-state index < -0.39 is 35.8 Å². The minimum absolute atomic E-state index is 0.00473. The summed E-state index contributed by atoms with van der Waals surface area (Å²) < 4.78 is 91.7. The summed E-state index contributed by atoms with van der Waals surface area (Å²) in [7, 11) is 0. The van der Waals surface area contributed by atoms with Crippen molar-refractivity contribution in [2.45, 2.75) is 18.5 Å². The van der Waals surface area contributed by atoms with Gasteiger partial charge < -0.3 is 4.74 Å². The van der Waals surface area contributed by atoms with Crippen LogP contribution in [0.25, 0.3) is 0 Å². The molecule has 0 N–H and O–H groups in total. The number of carbonyl (C=O) groups is 1. The van der Waals surface area contributed by atoms with Crippen molar-refractivity contribution in [1.29, 1.82) is 0 Å². The van der Waals surface area contributed by atoms with Crippen LogP contribution >= 0.6 is 0 Å². The summed E-state index contributed by atoms with van der Waals surface area (Å²) in [6.45, 7) is 0. The Balaban J connectivity index is 2.14. The van der Waals surface area contributed by atoms with E-state index in [4.69, 9.17) is 0 Å². The standard InChI is InChI=1S/C16H9F7O2/c17-11-5-1-9(2-6-11)13(24)10-3-7-12(8-4-10)25-16(22,23)14(18)15(19,20)21/h1-8,14H. The highest BCUT2D eigenvalue weighted by atomic mass is 19.4.